The van der Waals surface area contributed by atoms with Gasteiger partial charge in [-0.05, 0) is 25.0 Å². The predicted molar refractivity (Wildman–Crippen MR) is 54.8 cm³/mol. The fourth-order valence-corrected chi connectivity index (χ4v) is 1.76. The van der Waals surface area contributed by atoms with Gasteiger partial charge in [-0.1, -0.05) is 6.92 Å². The minimum atomic E-state index is 1.03. The lowest BCUT2D eigenvalue weighted by molar-refractivity contribution is 0.792. The molecular formula is C11H14N2. The normalized spacial score (nSPS) is 10.9. The van der Waals surface area contributed by atoms with E-state index in [2.05, 4.69) is 35.7 Å². The van der Waals surface area contributed by atoms with Crippen molar-refractivity contribution in [1.29, 1.82) is 0 Å². The van der Waals surface area contributed by atoms with Crippen LogP contribution in [0.1, 0.15) is 19.4 Å². The van der Waals surface area contributed by atoms with Crippen molar-refractivity contribution < 1.29 is 0 Å². The highest BCUT2D eigenvalue weighted by Crippen LogP contribution is 2.20. The fraction of sp³-hybridized carbons (Fsp3) is 0.364. The van der Waals surface area contributed by atoms with Gasteiger partial charge in [-0.25, -0.2) is 0 Å². The second-order valence-electron chi connectivity index (χ2n) is 3.19. The average molecular weight is 174 g/mol. The largest absolute Gasteiger partial charge is 0.347 e. The lowest BCUT2D eigenvalue weighted by Crippen LogP contribution is -1.90. The van der Waals surface area contributed by atoms with Gasteiger partial charge in [0.15, 0.2) is 0 Å². The Morgan fingerprint density at radius 2 is 2.23 bits per heavy atom. The van der Waals surface area contributed by atoms with Crippen molar-refractivity contribution in [3.8, 4) is 0 Å². The molecule has 0 N–H and O–H groups in total. The lowest BCUT2D eigenvalue weighted by Gasteiger charge is -1.97. The van der Waals surface area contributed by atoms with E-state index in [1.165, 1.54) is 16.5 Å². The molecule has 2 aromatic rings. The second kappa shape index (κ2) is 3.21. The van der Waals surface area contributed by atoms with Crippen LogP contribution in [0.4, 0.5) is 0 Å². The summed E-state index contributed by atoms with van der Waals surface area (Å²) in [6.45, 7) is 5.38. The number of nitrogens with zero attached hydrogens (tertiary/aromatic N) is 2. The molecule has 0 bridgehead atoms. The monoisotopic (exact) mass is 174 g/mol. The van der Waals surface area contributed by atoms with E-state index >= 15 is 0 Å². The molecule has 2 heteroatoms. The lowest BCUT2D eigenvalue weighted by atomic mass is 10.2. The van der Waals surface area contributed by atoms with E-state index in [1.54, 1.807) is 0 Å². The van der Waals surface area contributed by atoms with Crippen LogP contribution in [0, 0.1) is 0 Å². The molecule has 2 heterocycles. The van der Waals surface area contributed by atoms with Gasteiger partial charge in [-0.2, -0.15) is 0 Å². The standard InChI is InChI=1S/C11H14N2/c1-3-9-8-13(4-2)11-5-6-12-7-10(9)11/h5-8H,3-4H2,1-2H3. The quantitative estimate of drug-likeness (QED) is 0.684. The van der Waals surface area contributed by atoms with E-state index < -0.39 is 0 Å². The maximum Gasteiger partial charge on any atom is 0.0514 e. The van der Waals surface area contributed by atoms with Crippen molar-refractivity contribution in [1.82, 2.24) is 9.55 Å². The van der Waals surface area contributed by atoms with Crippen LogP contribution in [0.25, 0.3) is 10.9 Å². The van der Waals surface area contributed by atoms with Crippen molar-refractivity contribution in [2.45, 2.75) is 26.8 Å². The van der Waals surface area contributed by atoms with Crippen molar-refractivity contribution >= 4 is 10.9 Å². The van der Waals surface area contributed by atoms with Crippen molar-refractivity contribution in [3.05, 3.63) is 30.2 Å². The summed E-state index contributed by atoms with van der Waals surface area (Å²) in [7, 11) is 0. The summed E-state index contributed by atoms with van der Waals surface area (Å²) in [6.07, 6.45) is 7.12. The van der Waals surface area contributed by atoms with Gasteiger partial charge in [0.05, 0.1) is 5.52 Å². The molecule has 0 amide bonds. The third kappa shape index (κ3) is 1.22. The molecule has 2 aromatic heterocycles. The van der Waals surface area contributed by atoms with Gasteiger partial charge in [-0.15, -0.1) is 0 Å². The Hall–Kier alpha value is -1.31. The zero-order chi connectivity index (χ0) is 9.26. The molecule has 2 nitrogen and oxygen atoms in total. The Labute approximate surface area is 78.2 Å². The minimum Gasteiger partial charge on any atom is -0.347 e. The third-order valence-corrected chi connectivity index (χ3v) is 2.49. The van der Waals surface area contributed by atoms with Crippen LogP contribution in [0.2, 0.25) is 0 Å². The summed E-state index contributed by atoms with van der Waals surface area (Å²) in [5.74, 6) is 0. The number of hydrogen-bond acceptors (Lipinski definition) is 1. The first kappa shape index (κ1) is 8.30. The van der Waals surface area contributed by atoms with Crippen LogP contribution in [0.15, 0.2) is 24.7 Å². The fourth-order valence-electron chi connectivity index (χ4n) is 1.76. The molecule has 0 aliphatic heterocycles. The van der Waals surface area contributed by atoms with Gasteiger partial charge in [0, 0.05) is 30.5 Å². The van der Waals surface area contributed by atoms with E-state index in [0.717, 1.165) is 13.0 Å². The summed E-state index contributed by atoms with van der Waals surface area (Å²) in [4.78, 5) is 4.16. The maximum atomic E-state index is 4.16. The molecular weight excluding hydrogens is 160 g/mol. The molecule has 0 saturated heterocycles. The number of hydrogen-bond donors (Lipinski definition) is 0. The Morgan fingerprint density at radius 1 is 1.38 bits per heavy atom. The molecule has 0 fully saturated rings. The Bertz CT molecular complexity index is 377. The van der Waals surface area contributed by atoms with Gasteiger partial charge in [0.25, 0.3) is 0 Å². The van der Waals surface area contributed by atoms with Gasteiger partial charge < -0.3 is 4.57 Å². The number of aromatic nitrogens is 2. The van der Waals surface area contributed by atoms with Gasteiger partial charge in [-0.3, -0.25) is 4.98 Å². The molecule has 0 spiro atoms. The van der Waals surface area contributed by atoms with E-state index in [0.29, 0.717) is 0 Å². The van der Waals surface area contributed by atoms with Crippen LogP contribution in [-0.4, -0.2) is 9.55 Å². The Kier molecular flexibility index (Phi) is 2.05. The third-order valence-electron chi connectivity index (χ3n) is 2.49. The molecule has 0 radical (unpaired) electrons. The molecule has 68 valence electrons. The highest BCUT2D eigenvalue weighted by molar-refractivity contribution is 5.82. The predicted octanol–water partition coefficient (Wildman–Crippen LogP) is 2.62. The molecule has 0 aromatic carbocycles. The topological polar surface area (TPSA) is 17.8 Å². The second-order valence-corrected chi connectivity index (χ2v) is 3.19. The first-order valence-corrected chi connectivity index (χ1v) is 4.78. The summed E-state index contributed by atoms with van der Waals surface area (Å²) >= 11 is 0. The molecule has 0 atom stereocenters. The van der Waals surface area contributed by atoms with E-state index in [4.69, 9.17) is 0 Å². The zero-order valence-electron chi connectivity index (χ0n) is 8.12. The number of rotatable bonds is 2. The van der Waals surface area contributed by atoms with Gasteiger partial charge >= 0.3 is 0 Å². The van der Waals surface area contributed by atoms with Crippen molar-refractivity contribution in [2.75, 3.05) is 0 Å². The Balaban J connectivity index is 2.74. The van der Waals surface area contributed by atoms with E-state index in [9.17, 15) is 0 Å². The average Bonchev–Trinajstić information content (AvgIpc) is 2.56. The summed E-state index contributed by atoms with van der Waals surface area (Å²) in [5.41, 5.74) is 2.69. The maximum absolute atomic E-state index is 4.16. The van der Waals surface area contributed by atoms with Crippen molar-refractivity contribution in [3.63, 3.8) is 0 Å². The van der Waals surface area contributed by atoms with Crippen LogP contribution >= 0.6 is 0 Å². The molecule has 0 aliphatic carbocycles. The zero-order valence-corrected chi connectivity index (χ0v) is 8.12. The molecule has 13 heavy (non-hydrogen) atoms. The Morgan fingerprint density at radius 3 is 2.92 bits per heavy atom. The van der Waals surface area contributed by atoms with E-state index in [-0.39, 0.29) is 0 Å². The first-order chi connectivity index (χ1) is 6.36. The molecule has 2 rings (SSSR count). The van der Waals surface area contributed by atoms with Crippen LogP contribution in [-0.2, 0) is 13.0 Å². The summed E-state index contributed by atoms with van der Waals surface area (Å²) < 4.78 is 2.27. The minimum absolute atomic E-state index is 1.03. The highest BCUT2D eigenvalue weighted by Gasteiger charge is 2.04. The SMILES string of the molecule is CCc1cn(CC)c2ccncc12. The van der Waals surface area contributed by atoms with Gasteiger partial charge in [0.2, 0.25) is 0 Å². The van der Waals surface area contributed by atoms with Crippen LogP contribution in [0.5, 0.6) is 0 Å². The summed E-state index contributed by atoms with van der Waals surface area (Å²) in [5, 5.41) is 1.30. The van der Waals surface area contributed by atoms with Crippen LogP contribution < -0.4 is 0 Å². The number of fused-ring (bicyclic) bond motifs is 1. The number of pyridine rings is 1. The van der Waals surface area contributed by atoms with E-state index in [1.807, 2.05) is 12.4 Å². The van der Waals surface area contributed by atoms with Gasteiger partial charge in [0.1, 0.15) is 0 Å². The molecule has 0 unspecified atom stereocenters. The first-order valence-electron chi connectivity index (χ1n) is 4.78. The smallest absolute Gasteiger partial charge is 0.0514 e. The van der Waals surface area contributed by atoms with Crippen molar-refractivity contribution in [2.24, 2.45) is 0 Å². The van der Waals surface area contributed by atoms with Crippen LogP contribution in [0.3, 0.4) is 0 Å². The molecule has 0 aliphatic rings. The number of aryl methyl sites for hydroxylation is 2. The highest BCUT2D eigenvalue weighted by atomic mass is 14.9. The molecule has 0 saturated carbocycles. The summed E-state index contributed by atoms with van der Waals surface area (Å²) in [6, 6.07) is 2.08.